The molecule has 1 unspecified atom stereocenters. The molecule has 0 aliphatic carbocycles. The molecule has 0 saturated heterocycles. The van der Waals surface area contributed by atoms with E-state index in [4.69, 9.17) is 4.74 Å². The second-order valence-corrected chi connectivity index (χ2v) is 4.89. The van der Waals surface area contributed by atoms with Gasteiger partial charge in [0, 0.05) is 6.42 Å². The summed E-state index contributed by atoms with van der Waals surface area (Å²) < 4.78 is 31.4. The zero-order valence-electron chi connectivity index (χ0n) is 11.9. The van der Waals surface area contributed by atoms with Crippen LogP contribution in [0.25, 0.3) is 0 Å². The third-order valence-corrected chi connectivity index (χ3v) is 3.15. The third kappa shape index (κ3) is 4.26. The Bertz CT molecular complexity index is 582. The van der Waals surface area contributed by atoms with Gasteiger partial charge < -0.3 is 9.84 Å². The van der Waals surface area contributed by atoms with Crippen LogP contribution < -0.4 is 4.74 Å². The second kappa shape index (κ2) is 7.18. The fourth-order valence-electron chi connectivity index (χ4n) is 2.01. The van der Waals surface area contributed by atoms with Crippen LogP contribution in [0.4, 0.5) is 8.78 Å². The molecule has 0 radical (unpaired) electrons. The summed E-state index contributed by atoms with van der Waals surface area (Å²) in [5, 5.41) is 10.1. The molecule has 2 nitrogen and oxygen atoms in total. The molecular weight excluding hydrogens is 274 g/mol. The SMILES string of the molecule is CCCOc1ccc(C(O)Cc2ccc(F)c(F)c2)cc1. The van der Waals surface area contributed by atoms with E-state index in [0.29, 0.717) is 17.7 Å². The maximum atomic E-state index is 13.1. The van der Waals surface area contributed by atoms with Crippen LogP contribution in [0, 0.1) is 11.6 Å². The Labute approximate surface area is 123 Å². The molecule has 2 aromatic rings. The molecule has 1 N–H and O–H groups in total. The monoisotopic (exact) mass is 292 g/mol. The van der Waals surface area contributed by atoms with E-state index in [1.165, 1.54) is 6.07 Å². The number of rotatable bonds is 6. The molecule has 0 amide bonds. The molecule has 0 spiro atoms. The average Bonchev–Trinajstić information content (AvgIpc) is 2.49. The quantitative estimate of drug-likeness (QED) is 0.871. The van der Waals surface area contributed by atoms with Crippen LogP contribution in [-0.2, 0) is 6.42 Å². The number of ether oxygens (including phenoxy) is 1. The van der Waals surface area contributed by atoms with Crippen LogP contribution in [0.2, 0.25) is 0 Å². The van der Waals surface area contributed by atoms with Crippen molar-refractivity contribution in [1.29, 1.82) is 0 Å². The molecule has 0 fully saturated rings. The highest BCUT2D eigenvalue weighted by Gasteiger charge is 2.11. The van der Waals surface area contributed by atoms with Crippen molar-refractivity contribution in [3.05, 3.63) is 65.2 Å². The molecule has 0 saturated carbocycles. The second-order valence-electron chi connectivity index (χ2n) is 4.89. The van der Waals surface area contributed by atoms with Crippen LogP contribution in [0.1, 0.15) is 30.6 Å². The molecule has 21 heavy (non-hydrogen) atoms. The normalized spacial score (nSPS) is 12.2. The number of benzene rings is 2. The van der Waals surface area contributed by atoms with Gasteiger partial charge in [-0.05, 0) is 41.8 Å². The molecule has 0 aliphatic rings. The van der Waals surface area contributed by atoms with Gasteiger partial charge in [-0.1, -0.05) is 25.1 Å². The summed E-state index contributed by atoms with van der Waals surface area (Å²) in [4.78, 5) is 0. The zero-order chi connectivity index (χ0) is 15.2. The van der Waals surface area contributed by atoms with Crippen molar-refractivity contribution in [2.24, 2.45) is 0 Å². The smallest absolute Gasteiger partial charge is 0.159 e. The number of aliphatic hydroxyl groups is 1. The Kier molecular flexibility index (Phi) is 5.28. The lowest BCUT2D eigenvalue weighted by atomic mass is 10.0. The molecule has 0 aromatic heterocycles. The molecule has 2 aromatic carbocycles. The zero-order valence-corrected chi connectivity index (χ0v) is 11.9. The molecular formula is C17H18F2O2. The van der Waals surface area contributed by atoms with Crippen molar-refractivity contribution in [2.75, 3.05) is 6.61 Å². The summed E-state index contributed by atoms with van der Waals surface area (Å²) >= 11 is 0. The van der Waals surface area contributed by atoms with Crippen molar-refractivity contribution in [3.63, 3.8) is 0 Å². The molecule has 2 rings (SSSR count). The summed E-state index contributed by atoms with van der Waals surface area (Å²) in [6, 6.07) is 10.8. The minimum atomic E-state index is -0.900. The number of hydrogen-bond donors (Lipinski definition) is 1. The van der Waals surface area contributed by atoms with Crippen LogP contribution in [-0.4, -0.2) is 11.7 Å². The number of halogens is 2. The number of hydrogen-bond acceptors (Lipinski definition) is 2. The molecule has 0 bridgehead atoms. The van der Waals surface area contributed by atoms with Gasteiger partial charge in [0.25, 0.3) is 0 Å². The van der Waals surface area contributed by atoms with Gasteiger partial charge >= 0.3 is 0 Å². The lowest BCUT2D eigenvalue weighted by Crippen LogP contribution is -2.03. The van der Waals surface area contributed by atoms with Gasteiger partial charge in [-0.3, -0.25) is 0 Å². The Morgan fingerprint density at radius 3 is 2.38 bits per heavy atom. The van der Waals surface area contributed by atoms with Gasteiger partial charge in [0.15, 0.2) is 11.6 Å². The Balaban J connectivity index is 2.02. The predicted molar refractivity (Wildman–Crippen MR) is 77.2 cm³/mol. The van der Waals surface area contributed by atoms with E-state index in [1.807, 2.05) is 6.92 Å². The minimum Gasteiger partial charge on any atom is -0.494 e. The largest absolute Gasteiger partial charge is 0.494 e. The van der Waals surface area contributed by atoms with Crippen LogP contribution in [0.5, 0.6) is 5.75 Å². The van der Waals surface area contributed by atoms with Crippen molar-refractivity contribution in [2.45, 2.75) is 25.9 Å². The van der Waals surface area contributed by atoms with Crippen LogP contribution in [0.15, 0.2) is 42.5 Å². The van der Waals surface area contributed by atoms with Crippen molar-refractivity contribution in [3.8, 4) is 5.75 Å². The van der Waals surface area contributed by atoms with E-state index in [2.05, 4.69) is 0 Å². The average molecular weight is 292 g/mol. The summed E-state index contributed by atoms with van der Waals surface area (Å²) in [5.74, 6) is -1.03. The third-order valence-electron chi connectivity index (χ3n) is 3.15. The summed E-state index contributed by atoms with van der Waals surface area (Å²) in [6.45, 7) is 2.68. The minimum absolute atomic E-state index is 0.229. The van der Waals surface area contributed by atoms with E-state index < -0.39 is 17.7 Å². The number of aliphatic hydroxyl groups excluding tert-OH is 1. The van der Waals surface area contributed by atoms with E-state index >= 15 is 0 Å². The first kappa shape index (κ1) is 15.4. The topological polar surface area (TPSA) is 29.5 Å². The van der Waals surface area contributed by atoms with Gasteiger partial charge in [0.05, 0.1) is 12.7 Å². The van der Waals surface area contributed by atoms with Crippen LogP contribution in [0.3, 0.4) is 0 Å². The van der Waals surface area contributed by atoms with Gasteiger partial charge in [0.1, 0.15) is 5.75 Å². The lowest BCUT2D eigenvalue weighted by molar-refractivity contribution is 0.178. The Morgan fingerprint density at radius 1 is 1.05 bits per heavy atom. The highest BCUT2D eigenvalue weighted by atomic mass is 19.2. The molecule has 4 heteroatoms. The van der Waals surface area contributed by atoms with E-state index in [-0.39, 0.29) is 6.42 Å². The maximum absolute atomic E-state index is 13.1. The van der Waals surface area contributed by atoms with Crippen molar-refractivity contribution >= 4 is 0 Å². The fourth-order valence-corrected chi connectivity index (χ4v) is 2.01. The summed E-state index contributed by atoms with van der Waals surface area (Å²) in [6.07, 6.45) is 0.391. The molecule has 0 heterocycles. The van der Waals surface area contributed by atoms with Gasteiger partial charge in [0.2, 0.25) is 0 Å². The van der Waals surface area contributed by atoms with Crippen molar-refractivity contribution in [1.82, 2.24) is 0 Å². The highest BCUT2D eigenvalue weighted by Crippen LogP contribution is 2.22. The lowest BCUT2D eigenvalue weighted by Gasteiger charge is -2.12. The van der Waals surface area contributed by atoms with E-state index in [1.54, 1.807) is 24.3 Å². The van der Waals surface area contributed by atoms with E-state index in [9.17, 15) is 13.9 Å². The standard InChI is InChI=1S/C17H18F2O2/c1-2-9-21-14-6-4-13(5-7-14)17(20)11-12-3-8-15(18)16(19)10-12/h3-8,10,17,20H,2,9,11H2,1H3. The first-order chi connectivity index (χ1) is 10.1. The van der Waals surface area contributed by atoms with Crippen LogP contribution >= 0.6 is 0 Å². The Hall–Kier alpha value is -1.94. The first-order valence-corrected chi connectivity index (χ1v) is 6.95. The maximum Gasteiger partial charge on any atom is 0.159 e. The molecule has 112 valence electrons. The first-order valence-electron chi connectivity index (χ1n) is 6.95. The molecule has 1 atom stereocenters. The van der Waals surface area contributed by atoms with Gasteiger partial charge in [-0.2, -0.15) is 0 Å². The van der Waals surface area contributed by atoms with E-state index in [0.717, 1.165) is 24.3 Å². The summed E-state index contributed by atoms with van der Waals surface area (Å²) in [5.41, 5.74) is 1.26. The van der Waals surface area contributed by atoms with Crippen molar-refractivity contribution < 1.29 is 18.6 Å². The van der Waals surface area contributed by atoms with Gasteiger partial charge in [-0.25, -0.2) is 8.78 Å². The molecule has 0 aliphatic heterocycles. The van der Waals surface area contributed by atoms with Gasteiger partial charge in [-0.15, -0.1) is 0 Å². The summed E-state index contributed by atoms with van der Waals surface area (Å²) in [7, 11) is 0. The Morgan fingerprint density at radius 2 is 1.76 bits per heavy atom. The highest BCUT2D eigenvalue weighted by molar-refractivity contribution is 5.30. The predicted octanol–water partition coefficient (Wildman–Crippen LogP) is 4.03. The fraction of sp³-hybridized carbons (Fsp3) is 0.294.